The molecule has 0 aromatic heterocycles. The average molecular weight is 268 g/mol. The molecule has 19 heavy (non-hydrogen) atoms. The minimum Gasteiger partial charge on any atom is -0.370 e. The van der Waals surface area contributed by atoms with Crippen molar-refractivity contribution in [2.45, 2.75) is 58.4 Å². The molecule has 1 aliphatic rings. The highest BCUT2D eigenvalue weighted by atomic mass is 15.1. The van der Waals surface area contributed by atoms with Crippen molar-refractivity contribution >= 4 is 5.96 Å². The maximum atomic E-state index is 5.81. The number of hydrogen-bond acceptors (Lipinski definition) is 2. The molecule has 0 aliphatic heterocycles. The van der Waals surface area contributed by atoms with E-state index in [0.29, 0.717) is 11.9 Å². The molecule has 1 aliphatic carbocycles. The van der Waals surface area contributed by atoms with Gasteiger partial charge in [-0.15, -0.1) is 0 Å². The van der Waals surface area contributed by atoms with E-state index in [-0.39, 0.29) is 0 Å². The molecule has 0 heterocycles. The summed E-state index contributed by atoms with van der Waals surface area (Å²) in [6.45, 7) is 7.17. The summed E-state index contributed by atoms with van der Waals surface area (Å²) in [5.41, 5.74) is 5.81. The Morgan fingerprint density at radius 3 is 2.63 bits per heavy atom. The van der Waals surface area contributed by atoms with Gasteiger partial charge in [0.05, 0.1) is 0 Å². The summed E-state index contributed by atoms with van der Waals surface area (Å²) >= 11 is 0. The Balaban J connectivity index is 2.07. The fourth-order valence-electron chi connectivity index (χ4n) is 2.59. The predicted octanol–water partition coefficient (Wildman–Crippen LogP) is 2.20. The van der Waals surface area contributed by atoms with E-state index >= 15 is 0 Å². The van der Waals surface area contributed by atoms with Crippen molar-refractivity contribution in [1.82, 2.24) is 10.2 Å². The average Bonchev–Trinajstić information content (AvgIpc) is 2.42. The van der Waals surface area contributed by atoms with Gasteiger partial charge in [-0.1, -0.05) is 33.1 Å². The highest BCUT2D eigenvalue weighted by molar-refractivity contribution is 5.77. The molecular weight excluding hydrogens is 236 g/mol. The van der Waals surface area contributed by atoms with Crippen LogP contribution >= 0.6 is 0 Å². The molecule has 3 N–H and O–H groups in total. The molecule has 0 spiro atoms. The number of guanidine groups is 1. The molecule has 4 heteroatoms. The van der Waals surface area contributed by atoms with Crippen molar-refractivity contribution in [2.24, 2.45) is 16.6 Å². The second-order valence-electron chi connectivity index (χ2n) is 6.17. The standard InChI is InChI=1S/C15H32N4/c1-13(2)12-18-15(16)17-10-7-11-19(3)14-8-5-4-6-9-14/h13-14H,4-12H2,1-3H3,(H3,16,17,18). The third-order valence-electron chi connectivity index (χ3n) is 3.82. The van der Waals surface area contributed by atoms with E-state index in [2.05, 4.69) is 36.1 Å². The lowest BCUT2D eigenvalue weighted by Gasteiger charge is -2.31. The summed E-state index contributed by atoms with van der Waals surface area (Å²) in [4.78, 5) is 6.82. The zero-order valence-corrected chi connectivity index (χ0v) is 13.0. The third-order valence-corrected chi connectivity index (χ3v) is 3.82. The van der Waals surface area contributed by atoms with Crippen LogP contribution in [0.2, 0.25) is 0 Å². The molecule has 112 valence electrons. The van der Waals surface area contributed by atoms with Crippen molar-refractivity contribution < 1.29 is 0 Å². The van der Waals surface area contributed by atoms with Crippen molar-refractivity contribution in [3.05, 3.63) is 0 Å². The molecule has 1 saturated carbocycles. The van der Waals surface area contributed by atoms with E-state index in [9.17, 15) is 0 Å². The van der Waals surface area contributed by atoms with E-state index in [1.165, 1.54) is 32.1 Å². The largest absolute Gasteiger partial charge is 0.370 e. The molecule has 0 bridgehead atoms. The maximum absolute atomic E-state index is 5.81. The van der Waals surface area contributed by atoms with E-state index in [4.69, 9.17) is 5.73 Å². The second kappa shape index (κ2) is 9.18. The Morgan fingerprint density at radius 1 is 1.32 bits per heavy atom. The number of aliphatic imine (C=N–C) groups is 1. The van der Waals surface area contributed by atoms with Gasteiger partial charge < -0.3 is 16.0 Å². The van der Waals surface area contributed by atoms with E-state index in [1.807, 2.05) is 0 Å². The van der Waals surface area contributed by atoms with Gasteiger partial charge in [0.25, 0.3) is 0 Å². The Morgan fingerprint density at radius 2 is 2.00 bits per heavy atom. The first-order valence-corrected chi connectivity index (χ1v) is 7.83. The summed E-state index contributed by atoms with van der Waals surface area (Å²) in [5, 5.41) is 3.20. The Labute approximate surface area is 118 Å². The van der Waals surface area contributed by atoms with Gasteiger partial charge in [0.2, 0.25) is 0 Å². The molecule has 0 aromatic carbocycles. The van der Waals surface area contributed by atoms with Crippen molar-refractivity contribution in [2.75, 3.05) is 26.7 Å². The van der Waals surface area contributed by atoms with Crippen LogP contribution in [0.25, 0.3) is 0 Å². The highest BCUT2D eigenvalue weighted by Gasteiger charge is 2.17. The number of hydrogen-bond donors (Lipinski definition) is 2. The lowest BCUT2D eigenvalue weighted by molar-refractivity contribution is 0.190. The maximum Gasteiger partial charge on any atom is 0.188 e. The van der Waals surface area contributed by atoms with Crippen LogP contribution in [0, 0.1) is 5.92 Å². The third kappa shape index (κ3) is 7.41. The van der Waals surface area contributed by atoms with Crippen molar-refractivity contribution in [3.63, 3.8) is 0 Å². The first-order valence-electron chi connectivity index (χ1n) is 7.83. The number of nitrogens with two attached hydrogens (primary N) is 1. The van der Waals surface area contributed by atoms with E-state index in [1.54, 1.807) is 0 Å². The van der Waals surface area contributed by atoms with Crippen LogP contribution in [0.3, 0.4) is 0 Å². The zero-order valence-electron chi connectivity index (χ0n) is 13.0. The van der Waals surface area contributed by atoms with Crippen LogP contribution < -0.4 is 11.1 Å². The van der Waals surface area contributed by atoms with Crippen LogP contribution in [0.1, 0.15) is 52.4 Å². The van der Waals surface area contributed by atoms with Gasteiger partial charge in [-0.3, -0.25) is 4.99 Å². The summed E-state index contributed by atoms with van der Waals surface area (Å²) in [7, 11) is 2.26. The fourth-order valence-corrected chi connectivity index (χ4v) is 2.59. The molecule has 0 radical (unpaired) electrons. The van der Waals surface area contributed by atoms with Gasteiger partial charge in [-0.25, -0.2) is 0 Å². The number of nitrogens with zero attached hydrogens (tertiary/aromatic N) is 2. The van der Waals surface area contributed by atoms with E-state index in [0.717, 1.165) is 32.1 Å². The van der Waals surface area contributed by atoms with Gasteiger partial charge in [-0.2, -0.15) is 0 Å². The fraction of sp³-hybridized carbons (Fsp3) is 0.933. The topological polar surface area (TPSA) is 53.6 Å². The van der Waals surface area contributed by atoms with Gasteiger partial charge in [-0.05, 0) is 38.8 Å². The van der Waals surface area contributed by atoms with Gasteiger partial charge in [0.15, 0.2) is 5.96 Å². The van der Waals surface area contributed by atoms with Crippen molar-refractivity contribution in [1.29, 1.82) is 0 Å². The summed E-state index contributed by atoms with van der Waals surface area (Å²) in [6.07, 6.45) is 8.12. The second-order valence-corrected chi connectivity index (χ2v) is 6.17. The molecule has 0 aromatic rings. The minimum absolute atomic E-state index is 0.567. The molecule has 0 atom stereocenters. The van der Waals surface area contributed by atoms with Gasteiger partial charge in [0.1, 0.15) is 0 Å². The van der Waals surface area contributed by atoms with Crippen LogP contribution in [-0.4, -0.2) is 43.6 Å². The predicted molar refractivity (Wildman–Crippen MR) is 83.5 cm³/mol. The van der Waals surface area contributed by atoms with Crippen molar-refractivity contribution in [3.8, 4) is 0 Å². The number of rotatable bonds is 7. The summed E-state index contributed by atoms with van der Waals surface area (Å²) in [5.74, 6) is 1.16. The molecule has 0 unspecified atom stereocenters. The van der Waals surface area contributed by atoms with Crippen LogP contribution in [0.15, 0.2) is 4.99 Å². The zero-order chi connectivity index (χ0) is 14.1. The number of nitrogens with one attached hydrogen (secondary N) is 1. The van der Waals surface area contributed by atoms with E-state index < -0.39 is 0 Å². The Kier molecular flexibility index (Phi) is 7.87. The molecule has 0 saturated heterocycles. The lowest BCUT2D eigenvalue weighted by Crippen LogP contribution is -2.37. The molecule has 1 fully saturated rings. The molecule has 4 nitrogen and oxygen atoms in total. The first-order chi connectivity index (χ1) is 9.09. The molecule has 0 amide bonds. The first kappa shape index (κ1) is 16.3. The highest BCUT2D eigenvalue weighted by Crippen LogP contribution is 2.21. The quantitative estimate of drug-likeness (QED) is 0.423. The Hall–Kier alpha value is -0.770. The molecular formula is C15H32N4. The smallest absolute Gasteiger partial charge is 0.188 e. The minimum atomic E-state index is 0.567. The van der Waals surface area contributed by atoms with Gasteiger partial charge >= 0.3 is 0 Å². The van der Waals surface area contributed by atoms with Gasteiger partial charge in [0, 0.05) is 19.1 Å². The SMILES string of the molecule is CC(C)CN=C(N)NCCCN(C)C1CCCCC1. The van der Waals surface area contributed by atoms with Crippen LogP contribution in [0.5, 0.6) is 0 Å². The monoisotopic (exact) mass is 268 g/mol. The molecule has 1 rings (SSSR count). The lowest BCUT2D eigenvalue weighted by atomic mass is 9.94. The Bertz CT molecular complexity index is 257. The van der Waals surface area contributed by atoms with Crippen LogP contribution in [-0.2, 0) is 0 Å². The summed E-state index contributed by atoms with van der Waals surface area (Å²) in [6, 6.07) is 0.806. The normalized spacial score (nSPS) is 18.3. The van der Waals surface area contributed by atoms with Crippen LogP contribution in [0.4, 0.5) is 0 Å². The summed E-state index contributed by atoms with van der Waals surface area (Å²) < 4.78 is 0.